The van der Waals surface area contributed by atoms with Gasteiger partial charge in [0.25, 0.3) is 0 Å². The molecule has 2 N–H and O–H groups in total. The van der Waals surface area contributed by atoms with Crippen molar-refractivity contribution in [1.82, 2.24) is 0 Å². The van der Waals surface area contributed by atoms with Crippen LogP contribution in [0.5, 0.6) is 0 Å². The minimum atomic E-state index is 0.416. The molecule has 126 valence electrons. The largest absolute Gasteiger partial charge is 0.402 e. The molecule has 2 heteroatoms. The molecule has 1 unspecified atom stereocenters. The van der Waals surface area contributed by atoms with Crippen molar-refractivity contribution >= 4 is 11.8 Å². The number of hydrogen-bond acceptors (Lipinski definition) is 2. The molecule has 0 aliphatic heterocycles. The second-order valence-electron chi connectivity index (χ2n) is 6.25. The van der Waals surface area contributed by atoms with Crippen LogP contribution in [0.25, 0.3) is 0 Å². The third-order valence-corrected chi connectivity index (χ3v) is 5.25. The van der Waals surface area contributed by atoms with Gasteiger partial charge in [-0.05, 0) is 36.0 Å². The van der Waals surface area contributed by atoms with Crippen LogP contribution in [-0.4, -0.2) is 5.75 Å². The van der Waals surface area contributed by atoms with Crippen LogP contribution in [0, 0.1) is 6.92 Å². The van der Waals surface area contributed by atoms with Gasteiger partial charge in [-0.2, -0.15) is 11.8 Å². The Balaban J connectivity index is 1.93. The summed E-state index contributed by atoms with van der Waals surface area (Å²) < 4.78 is 0. The predicted octanol–water partition coefficient (Wildman–Crippen LogP) is 5.82. The number of aryl methyl sites for hydroxylation is 1. The van der Waals surface area contributed by atoms with E-state index in [-0.39, 0.29) is 0 Å². The van der Waals surface area contributed by atoms with E-state index in [0.717, 1.165) is 29.2 Å². The number of thioether (sulfide) groups is 1. The van der Waals surface area contributed by atoms with E-state index in [9.17, 15) is 0 Å². The smallest absolute Gasteiger partial charge is 0.0204 e. The van der Waals surface area contributed by atoms with Crippen molar-refractivity contribution in [3.63, 3.8) is 0 Å². The summed E-state index contributed by atoms with van der Waals surface area (Å²) in [6, 6.07) is 19.3. The molecule has 0 aliphatic rings. The minimum Gasteiger partial charge on any atom is -0.402 e. The van der Waals surface area contributed by atoms with E-state index in [1.165, 1.54) is 16.7 Å². The second kappa shape index (κ2) is 9.39. The van der Waals surface area contributed by atoms with Gasteiger partial charge in [0.05, 0.1) is 0 Å². The van der Waals surface area contributed by atoms with Crippen LogP contribution in [0.3, 0.4) is 0 Å². The maximum Gasteiger partial charge on any atom is 0.0204 e. The minimum absolute atomic E-state index is 0.416. The Labute approximate surface area is 150 Å². The molecule has 0 saturated carbocycles. The highest BCUT2D eigenvalue weighted by Crippen LogP contribution is 2.25. The molecule has 24 heavy (non-hydrogen) atoms. The Kier molecular flexibility index (Phi) is 7.20. The summed E-state index contributed by atoms with van der Waals surface area (Å²) in [6.45, 7) is 8.29. The number of benzene rings is 2. The van der Waals surface area contributed by atoms with Crippen molar-refractivity contribution in [2.45, 2.75) is 31.9 Å². The molecule has 0 radical (unpaired) electrons. The summed E-state index contributed by atoms with van der Waals surface area (Å²) in [5, 5.41) is 0. The van der Waals surface area contributed by atoms with Crippen molar-refractivity contribution in [3.05, 3.63) is 95.2 Å². The molecule has 2 rings (SSSR count). The van der Waals surface area contributed by atoms with Crippen LogP contribution >= 0.6 is 11.8 Å². The van der Waals surface area contributed by atoms with E-state index in [0.29, 0.717) is 5.92 Å². The molecule has 0 bridgehead atoms. The summed E-state index contributed by atoms with van der Waals surface area (Å²) >= 11 is 1.88. The first kappa shape index (κ1) is 18.4. The second-order valence-corrected chi connectivity index (χ2v) is 7.23. The van der Waals surface area contributed by atoms with Crippen LogP contribution in [-0.2, 0) is 5.75 Å². The van der Waals surface area contributed by atoms with Gasteiger partial charge >= 0.3 is 0 Å². The molecular formula is C22H27NS. The zero-order valence-electron chi connectivity index (χ0n) is 14.7. The first-order chi connectivity index (χ1) is 11.6. The van der Waals surface area contributed by atoms with E-state index in [1.807, 2.05) is 23.9 Å². The maximum atomic E-state index is 6.37. The van der Waals surface area contributed by atoms with E-state index >= 15 is 0 Å². The van der Waals surface area contributed by atoms with Gasteiger partial charge in [-0.1, -0.05) is 79.7 Å². The normalized spacial score (nSPS) is 13.2. The molecule has 0 spiro atoms. The molecule has 0 fully saturated rings. The van der Waals surface area contributed by atoms with Crippen molar-refractivity contribution in [1.29, 1.82) is 0 Å². The van der Waals surface area contributed by atoms with Gasteiger partial charge in [-0.3, -0.25) is 0 Å². The molecule has 0 aliphatic carbocycles. The summed E-state index contributed by atoms with van der Waals surface area (Å²) in [5.74, 6) is 2.32. The molecule has 1 nitrogen and oxygen atoms in total. The summed E-state index contributed by atoms with van der Waals surface area (Å²) in [6.07, 6.45) is 2.78. The van der Waals surface area contributed by atoms with Crippen molar-refractivity contribution in [2.75, 3.05) is 5.75 Å². The lowest BCUT2D eigenvalue weighted by molar-refractivity contribution is 0.740. The number of hydrogen-bond donors (Lipinski definition) is 1. The summed E-state index contributed by atoms with van der Waals surface area (Å²) in [5.41, 5.74) is 12.5. The molecule has 0 saturated heterocycles. The standard InChI is InChI=1S/C22H27NS/c1-4-20(16-24-15-19-8-6-5-7-9-19)22(23)14-18(3)21-12-10-17(2)11-13-21/h4-13,18H,1,14-16,23H2,2-3H3/b22-20-. The molecule has 0 aromatic heterocycles. The highest BCUT2D eigenvalue weighted by atomic mass is 32.2. The lowest BCUT2D eigenvalue weighted by Gasteiger charge is -2.15. The molecule has 0 heterocycles. The van der Waals surface area contributed by atoms with Crippen LogP contribution in [0.2, 0.25) is 0 Å². The van der Waals surface area contributed by atoms with Gasteiger partial charge in [0.1, 0.15) is 0 Å². The summed E-state index contributed by atoms with van der Waals surface area (Å²) in [4.78, 5) is 0. The van der Waals surface area contributed by atoms with Gasteiger partial charge in [-0.25, -0.2) is 0 Å². The highest BCUT2D eigenvalue weighted by molar-refractivity contribution is 7.98. The zero-order valence-corrected chi connectivity index (χ0v) is 15.5. The molecule has 2 aromatic rings. The van der Waals surface area contributed by atoms with Gasteiger partial charge in [0.2, 0.25) is 0 Å². The Morgan fingerprint density at radius 2 is 1.79 bits per heavy atom. The average molecular weight is 338 g/mol. The molecule has 1 atom stereocenters. The third kappa shape index (κ3) is 5.61. The van der Waals surface area contributed by atoms with Crippen LogP contribution in [0.15, 0.2) is 78.5 Å². The van der Waals surface area contributed by atoms with Crippen molar-refractivity contribution < 1.29 is 0 Å². The Bertz CT molecular complexity index is 671. The first-order valence-corrected chi connectivity index (χ1v) is 9.53. The van der Waals surface area contributed by atoms with E-state index in [4.69, 9.17) is 5.73 Å². The SMILES string of the molecule is C=C/C(CSCc1ccccc1)=C(/N)CC(C)c1ccc(C)cc1. The van der Waals surface area contributed by atoms with Crippen molar-refractivity contribution in [3.8, 4) is 0 Å². The van der Waals surface area contributed by atoms with Crippen molar-refractivity contribution in [2.24, 2.45) is 5.73 Å². The molecule has 0 amide bonds. The monoisotopic (exact) mass is 337 g/mol. The topological polar surface area (TPSA) is 26.0 Å². The summed E-state index contributed by atoms with van der Waals surface area (Å²) in [7, 11) is 0. The number of rotatable bonds is 8. The predicted molar refractivity (Wildman–Crippen MR) is 108 cm³/mol. The fourth-order valence-electron chi connectivity index (χ4n) is 2.61. The lowest BCUT2D eigenvalue weighted by atomic mass is 9.94. The molecular weight excluding hydrogens is 310 g/mol. The Morgan fingerprint density at radius 1 is 1.12 bits per heavy atom. The number of allylic oxidation sites excluding steroid dienone is 2. The lowest BCUT2D eigenvalue weighted by Crippen LogP contribution is -2.07. The fraction of sp³-hybridized carbons (Fsp3) is 0.273. The van der Waals surface area contributed by atoms with Gasteiger partial charge in [-0.15, -0.1) is 0 Å². The Hall–Kier alpha value is -1.93. The van der Waals surface area contributed by atoms with Crippen LogP contribution in [0.1, 0.15) is 36.0 Å². The highest BCUT2D eigenvalue weighted by Gasteiger charge is 2.09. The third-order valence-electron chi connectivity index (χ3n) is 4.20. The van der Waals surface area contributed by atoms with Gasteiger partial charge < -0.3 is 5.73 Å². The maximum absolute atomic E-state index is 6.37. The first-order valence-electron chi connectivity index (χ1n) is 8.38. The van der Waals surface area contributed by atoms with E-state index in [1.54, 1.807) is 0 Å². The Morgan fingerprint density at radius 3 is 2.42 bits per heavy atom. The zero-order chi connectivity index (χ0) is 17.4. The number of nitrogens with two attached hydrogens (primary N) is 1. The van der Waals surface area contributed by atoms with Crippen LogP contribution in [0.4, 0.5) is 0 Å². The average Bonchev–Trinajstić information content (AvgIpc) is 2.60. The molecule has 2 aromatic carbocycles. The van der Waals surface area contributed by atoms with Gasteiger partial charge in [0, 0.05) is 17.2 Å². The van der Waals surface area contributed by atoms with Crippen LogP contribution < -0.4 is 5.73 Å². The van der Waals surface area contributed by atoms with Gasteiger partial charge in [0.15, 0.2) is 0 Å². The quantitative estimate of drug-likeness (QED) is 0.614. The fourth-order valence-corrected chi connectivity index (χ4v) is 3.66. The van der Waals surface area contributed by atoms with E-state index < -0.39 is 0 Å². The van der Waals surface area contributed by atoms with E-state index in [2.05, 4.69) is 69.0 Å².